The summed E-state index contributed by atoms with van der Waals surface area (Å²) in [5.41, 5.74) is 1.26. The van der Waals surface area contributed by atoms with Gasteiger partial charge in [0.15, 0.2) is 5.82 Å². The van der Waals surface area contributed by atoms with Crippen molar-refractivity contribution in [2.24, 2.45) is 0 Å². The summed E-state index contributed by atoms with van der Waals surface area (Å²) in [5.74, 6) is 1.16. The lowest BCUT2D eigenvalue weighted by atomic mass is 10.00. The highest BCUT2D eigenvalue weighted by molar-refractivity contribution is 6.06. The highest BCUT2D eigenvalue weighted by atomic mass is 19.4. The van der Waals surface area contributed by atoms with Crippen molar-refractivity contribution >= 4 is 23.4 Å². The molecule has 5 heterocycles. The standard InChI is InChI=1S/C24H24F3N7O3/c1-13(35)19-22(36)34-9-3-4-16-20(34)21(33(19)2)32-23(31-16)30-11-14-5-8-18(29-10-14)37-15-6-7-17(28-12-15)24(25,26)27/h5-8,10,12-13,19,35H,3-4,9,11H2,1-2H3,(H,30,31,32)/t13-,19-/m0/s1. The first-order chi connectivity index (χ1) is 17.6. The number of aliphatic hydroxyl groups excluding tert-OH is 1. The van der Waals surface area contributed by atoms with E-state index in [1.54, 1.807) is 42.1 Å². The summed E-state index contributed by atoms with van der Waals surface area (Å²) in [6.45, 7) is 2.50. The van der Waals surface area contributed by atoms with Crippen LogP contribution in [0.2, 0.25) is 0 Å². The summed E-state index contributed by atoms with van der Waals surface area (Å²) in [4.78, 5) is 33.1. The van der Waals surface area contributed by atoms with Crippen LogP contribution in [0.5, 0.6) is 11.6 Å². The van der Waals surface area contributed by atoms with Gasteiger partial charge in [0, 0.05) is 32.4 Å². The number of pyridine rings is 2. The van der Waals surface area contributed by atoms with Crippen LogP contribution >= 0.6 is 0 Å². The minimum Gasteiger partial charge on any atom is -0.437 e. The number of aliphatic hydroxyl groups is 1. The Morgan fingerprint density at radius 1 is 1.19 bits per heavy atom. The third-order valence-electron chi connectivity index (χ3n) is 6.23. The van der Waals surface area contributed by atoms with Crippen molar-refractivity contribution in [3.8, 4) is 11.6 Å². The van der Waals surface area contributed by atoms with Gasteiger partial charge in [-0.15, -0.1) is 0 Å². The predicted octanol–water partition coefficient (Wildman–Crippen LogP) is 3.17. The number of anilines is 3. The van der Waals surface area contributed by atoms with E-state index < -0.39 is 24.0 Å². The van der Waals surface area contributed by atoms with Gasteiger partial charge in [0.1, 0.15) is 23.2 Å². The number of ether oxygens (including phenoxy) is 1. The zero-order chi connectivity index (χ0) is 26.3. The van der Waals surface area contributed by atoms with Crippen LogP contribution in [-0.4, -0.2) is 56.7 Å². The van der Waals surface area contributed by atoms with E-state index in [2.05, 4.69) is 25.3 Å². The normalized spacial score (nSPS) is 17.9. The van der Waals surface area contributed by atoms with Crippen molar-refractivity contribution in [2.45, 2.75) is 44.6 Å². The Balaban J connectivity index is 1.28. The van der Waals surface area contributed by atoms with Crippen molar-refractivity contribution in [1.29, 1.82) is 0 Å². The molecule has 0 bridgehead atoms. The van der Waals surface area contributed by atoms with Crippen LogP contribution < -0.4 is 19.9 Å². The minimum atomic E-state index is -4.52. The summed E-state index contributed by atoms with van der Waals surface area (Å²) in [6.07, 6.45) is -1.34. The maximum Gasteiger partial charge on any atom is 0.433 e. The lowest BCUT2D eigenvalue weighted by Gasteiger charge is -2.43. The number of nitrogens with zero attached hydrogens (tertiary/aromatic N) is 6. The fourth-order valence-corrected chi connectivity index (χ4v) is 4.47. The molecule has 0 saturated heterocycles. The van der Waals surface area contributed by atoms with Gasteiger partial charge in [0.25, 0.3) is 5.91 Å². The molecule has 0 radical (unpaired) electrons. The van der Waals surface area contributed by atoms with Gasteiger partial charge in [0.05, 0.1) is 18.0 Å². The SMILES string of the molecule is C[C@H](O)[C@H]1C(=O)N2CCCc3nc(NCc4ccc(Oc5ccc(C(F)(F)F)nc5)nc4)nc(c32)N1C. The van der Waals surface area contributed by atoms with Gasteiger partial charge < -0.3 is 25.0 Å². The quantitative estimate of drug-likeness (QED) is 0.511. The molecule has 3 aromatic rings. The smallest absolute Gasteiger partial charge is 0.433 e. The maximum atomic E-state index is 12.9. The molecule has 37 heavy (non-hydrogen) atoms. The van der Waals surface area contributed by atoms with Crippen LogP contribution in [0.25, 0.3) is 0 Å². The average Bonchev–Trinajstić information content (AvgIpc) is 2.86. The lowest BCUT2D eigenvalue weighted by molar-refractivity contribution is -0.141. The van der Waals surface area contributed by atoms with E-state index in [-0.39, 0.29) is 17.5 Å². The second-order valence-electron chi connectivity index (χ2n) is 8.89. The molecule has 0 spiro atoms. The summed E-state index contributed by atoms with van der Waals surface area (Å²) < 4.78 is 43.4. The van der Waals surface area contributed by atoms with Crippen molar-refractivity contribution < 1.29 is 27.8 Å². The first kappa shape index (κ1) is 24.7. The molecule has 1 amide bonds. The van der Waals surface area contributed by atoms with Crippen LogP contribution in [0.1, 0.15) is 30.3 Å². The zero-order valence-corrected chi connectivity index (χ0v) is 20.0. The second-order valence-corrected chi connectivity index (χ2v) is 8.89. The summed E-state index contributed by atoms with van der Waals surface area (Å²) in [6, 6.07) is 4.65. The van der Waals surface area contributed by atoms with Gasteiger partial charge in [-0.25, -0.2) is 15.0 Å². The molecular weight excluding hydrogens is 491 g/mol. The Morgan fingerprint density at radius 2 is 2.00 bits per heavy atom. The van der Waals surface area contributed by atoms with Gasteiger partial charge in [-0.05, 0) is 37.5 Å². The number of carbonyl (C=O) groups is 1. The van der Waals surface area contributed by atoms with Crippen LogP contribution in [0.3, 0.4) is 0 Å². The zero-order valence-electron chi connectivity index (χ0n) is 20.0. The molecule has 10 nitrogen and oxygen atoms in total. The number of rotatable bonds is 6. The van der Waals surface area contributed by atoms with E-state index in [1.165, 1.54) is 6.07 Å². The largest absolute Gasteiger partial charge is 0.437 e. The molecule has 2 aliphatic heterocycles. The summed E-state index contributed by atoms with van der Waals surface area (Å²) in [5, 5.41) is 13.4. The second kappa shape index (κ2) is 9.47. The molecule has 0 unspecified atom stereocenters. The molecule has 0 fully saturated rings. The highest BCUT2D eigenvalue weighted by Crippen LogP contribution is 2.40. The van der Waals surface area contributed by atoms with Crippen molar-refractivity contribution in [1.82, 2.24) is 19.9 Å². The van der Waals surface area contributed by atoms with Crippen LogP contribution in [0, 0.1) is 0 Å². The molecule has 194 valence electrons. The topological polar surface area (TPSA) is 117 Å². The maximum absolute atomic E-state index is 12.9. The number of aryl methyl sites for hydroxylation is 1. The minimum absolute atomic E-state index is 0.134. The number of carbonyl (C=O) groups excluding carboxylic acids is 1. The summed E-state index contributed by atoms with van der Waals surface area (Å²) >= 11 is 0. The Morgan fingerprint density at radius 3 is 2.65 bits per heavy atom. The fourth-order valence-electron chi connectivity index (χ4n) is 4.47. The monoisotopic (exact) mass is 515 g/mol. The van der Waals surface area contributed by atoms with E-state index >= 15 is 0 Å². The number of aromatic nitrogens is 4. The number of likely N-dealkylation sites (N-methyl/N-ethyl adjacent to an activating group) is 1. The van der Waals surface area contributed by atoms with Crippen LogP contribution in [0.4, 0.5) is 30.6 Å². The highest BCUT2D eigenvalue weighted by Gasteiger charge is 2.43. The number of hydrogen-bond acceptors (Lipinski definition) is 9. The fraction of sp³-hybridized carbons (Fsp3) is 0.375. The Kier molecular flexibility index (Phi) is 6.31. The number of alkyl halides is 3. The van der Waals surface area contributed by atoms with Gasteiger partial charge in [-0.1, -0.05) is 6.07 Å². The molecule has 0 saturated carbocycles. The van der Waals surface area contributed by atoms with Crippen molar-refractivity contribution in [3.05, 3.63) is 53.6 Å². The van der Waals surface area contributed by atoms with Gasteiger partial charge >= 0.3 is 6.18 Å². The Labute approximate surface area is 210 Å². The molecular formula is C24H24F3N7O3. The van der Waals surface area contributed by atoms with Gasteiger partial charge in [-0.3, -0.25) is 4.79 Å². The van der Waals surface area contributed by atoms with E-state index in [9.17, 15) is 23.1 Å². The molecule has 0 aliphatic carbocycles. The third kappa shape index (κ3) is 4.86. The molecule has 2 aliphatic rings. The number of halogens is 3. The molecule has 5 rings (SSSR count). The van der Waals surface area contributed by atoms with Gasteiger partial charge in [0.2, 0.25) is 11.8 Å². The number of nitrogens with one attached hydrogen (secondary N) is 1. The number of amides is 1. The Hall–Kier alpha value is -4.00. The van der Waals surface area contributed by atoms with E-state index in [0.717, 1.165) is 29.9 Å². The lowest BCUT2D eigenvalue weighted by Crippen LogP contribution is -2.58. The van der Waals surface area contributed by atoms with Crippen LogP contribution in [-0.2, 0) is 23.9 Å². The van der Waals surface area contributed by atoms with Crippen LogP contribution in [0.15, 0.2) is 36.7 Å². The molecule has 2 atom stereocenters. The van der Waals surface area contributed by atoms with Gasteiger partial charge in [-0.2, -0.15) is 18.2 Å². The first-order valence-corrected chi connectivity index (χ1v) is 11.6. The molecule has 13 heteroatoms. The van der Waals surface area contributed by atoms with E-state index in [1.807, 2.05) is 0 Å². The first-order valence-electron chi connectivity index (χ1n) is 11.6. The van der Waals surface area contributed by atoms with Crippen molar-refractivity contribution in [2.75, 3.05) is 28.7 Å². The average molecular weight is 515 g/mol. The molecule has 0 aromatic carbocycles. The van der Waals surface area contributed by atoms with Crippen molar-refractivity contribution in [3.63, 3.8) is 0 Å². The molecule has 2 N–H and O–H groups in total. The summed E-state index contributed by atoms with van der Waals surface area (Å²) in [7, 11) is 1.74. The predicted molar refractivity (Wildman–Crippen MR) is 127 cm³/mol. The number of hydrogen-bond donors (Lipinski definition) is 2. The van der Waals surface area contributed by atoms with E-state index in [0.29, 0.717) is 37.0 Å². The third-order valence-corrected chi connectivity index (χ3v) is 6.23. The Bertz CT molecular complexity index is 1300. The molecule has 3 aromatic heterocycles. The van der Waals surface area contributed by atoms with E-state index in [4.69, 9.17) is 4.74 Å².